The van der Waals surface area contributed by atoms with Gasteiger partial charge in [-0.15, -0.1) is 0 Å². The maximum atomic E-state index is 2.48. The van der Waals surface area contributed by atoms with Crippen molar-refractivity contribution in [3.63, 3.8) is 0 Å². The number of benzene rings is 3. The van der Waals surface area contributed by atoms with E-state index in [-0.39, 0.29) is 0 Å². The summed E-state index contributed by atoms with van der Waals surface area (Å²) in [6.45, 7) is 2.48. The van der Waals surface area contributed by atoms with E-state index in [1.54, 1.807) is 0 Å². The van der Waals surface area contributed by atoms with E-state index in [0.29, 0.717) is 14.5 Å². The van der Waals surface area contributed by atoms with Gasteiger partial charge in [0.15, 0.2) is 0 Å². The molecular formula is C19H18PSe+. The van der Waals surface area contributed by atoms with E-state index in [9.17, 15) is 0 Å². The second-order valence-corrected chi connectivity index (χ2v) is 14.8. The number of hydrogen-bond acceptors (Lipinski definition) is 0. The first-order valence-electron chi connectivity index (χ1n) is 7.01. The molecule has 0 amide bonds. The predicted molar refractivity (Wildman–Crippen MR) is 96.8 cm³/mol. The van der Waals surface area contributed by atoms with Crippen molar-refractivity contribution in [1.82, 2.24) is 0 Å². The van der Waals surface area contributed by atoms with Crippen LogP contribution in [0.1, 0.15) is 0 Å². The minimum absolute atomic E-state index is 0.441. The molecule has 0 aliphatic carbocycles. The summed E-state index contributed by atoms with van der Waals surface area (Å²) in [5, 5.41) is 3.00. The van der Waals surface area contributed by atoms with E-state index in [1.807, 2.05) is 0 Å². The third kappa shape index (κ3) is 3.27. The summed E-state index contributed by atoms with van der Waals surface area (Å²) in [7, 11) is 0. The van der Waals surface area contributed by atoms with Gasteiger partial charge in [-0.05, 0) is 0 Å². The van der Waals surface area contributed by atoms with Gasteiger partial charge >= 0.3 is 133 Å². The molecule has 0 spiro atoms. The van der Waals surface area contributed by atoms with E-state index < -0.39 is 5.95 Å². The van der Waals surface area contributed by atoms with E-state index in [2.05, 4.69) is 97.7 Å². The number of rotatable bonds is 4. The quantitative estimate of drug-likeness (QED) is 0.497. The van der Waals surface area contributed by atoms with Crippen molar-refractivity contribution in [3.05, 3.63) is 91.0 Å². The van der Waals surface area contributed by atoms with Crippen molar-refractivity contribution < 1.29 is 0 Å². The van der Waals surface area contributed by atoms with Crippen molar-refractivity contribution in [2.24, 2.45) is 0 Å². The minimum atomic E-state index is -1.33. The molecule has 0 fully saturated rings. The van der Waals surface area contributed by atoms with Gasteiger partial charge < -0.3 is 0 Å². The Balaban J connectivity index is 2.07. The molecule has 0 aliphatic heterocycles. The molecule has 0 aliphatic rings. The van der Waals surface area contributed by atoms with Gasteiger partial charge in [0.1, 0.15) is 0 Å². The van der Waals surface area contributed by atoms with E-state index in [4.69, 9.17) is 0 Å². The van der Waals surface area contributed by atoms with Crippen LogP contribution in [0.5, 0.6) is 0 Å². The van der Waals surface area contributed by atoms with Gasteiger partial charge in [-0.25, -0.2) is 0 Å². The maximum absolute atomic E-state index is 2.48. The zero-order chi connectivity index (χ0) is 14.5. The molecule has 0 bridgehead atoms. The molecule has 0 aromatic heterocycles. The van der Waals surface area contributed by atoms with Crippen LogP contribution in [0.2, 0.25) is 0 Å². The van der Waals surface area contributed by atoms with Crippen LogP contribution in [0.25, 0.3) is 0 Å². The topological polar surface area (TPSA) is 0 Å². The van der Waals surface area contributed by atoms with Gasteiger partial charge in [0.2, 0.25) is 0 Å². The third-order valence-electron chi connectivity index (χ3n) is 3.53. The van der Waals surface area contributed by atoms with Crippen molar-refractivity contribution >= 4 is 35.5 Å². The van der Waals surface area contributed by atoms with Crippen molar-refractivity contribution in [3.8, 4) is 0 Å². The van der Waals surface area contributed by atoms with Crippen molar-refractivity contribution in [1.29, 1.82) is 0 Å². The molecule has 0 saturated heterocycles. The average molecular weight is 356 g/mol. The van der Waals surface area contributed by atoms with E-state index in [0.717, 1.165) is 0 Å². The molecule has 0 radical (unpaired) electrons. The van der Waals surface area contributed by atoms with Gasteiger partial charge in [-0.2, -0.15) is 0 Å². The first-order chi connectivity index (χ1) is 10.3. The molecule has 3 rings (SSSR count). The monoisotopic (exact) mass is 357 g/mol. The van der Waals surface area contributed by atoms with E-state index in [1.165, 1.54) is 15.1 Å². The molecule has 0 heterocycles. The molecule has 2 heteroatoms. The summed E-state index contributed by atoms with van der Waals surface area (Å²) in [5.41, 5.74) is 0. The first-order valence-corrected chi connectivity index (χ1v) is 12.3. The van der Waals surface area contributed by atoms with Gasteiger partial charge in [0.05, 0.1) is 0 Å². The Bertz CT molecular complexity index is 641. The fourth-order valence-electron chi connectivity index (χ4n) is 2.37. The molecule has 0 nitrogen and oxygen atoms in total. The average Bonchev–Trinajstić information content (AvgIpc) is 2.57. The fourth-order valence-corrected chi connectivity index (χ4v) is 11.5. The molecule has 0 saturated carbocycles. The first kappa shape index (κ1) is 14.5. The fraction of sp³-hybridized carbons (Fsp3) is 0.0526. The molecule has 3 aromatic rings. The second-order valence-electron chi connectivity index (χ2n) is 5.00. The molecular weight excluding hydrogens is 338 g/mol. The van der Waals surface area contributed by atoms with Crippen LogP contribution in [0.15, 0.2) is 91.0 Å². The van der Waals surface area contributed by atoms with Crippen LogP contribution in [0.3, 0.4) is 0 Å². The second kappa shape index (κ2) is 6.58. The summed E-state index contributed by atoms with van der Waals surface area (Å²) in [4.78, 5) is 0. The zero-order valence-corrected chi connectivity index (χ0v) is 14.6. The van der Waals surface area contributed by atoms with Crippen LogP contribution < -0.4 is 15.1 Å². The Morgan fingerprint density at radius 3 is 1.38 bits per heavy atom. The van der Waals surface area contributed by atoms with Gasteiger partial charge in [-0.1, -0.05) is 0 Å². The molecule has 0 N–H and O–H groups in total. The Labute approximate surface area is 133 Å². The molecule has 104 valence electrons. The predicted octanol–water partition coefficient (Wildman–Crippen LogP) is 3.23. The van der Waals surface area contributed by atoms with Gasteiger partial charge in [0, 0.05) is 0 Å². The van der Waals surface area contributed by atoms with E-state index >= 15 is 0 Å². The van der Waals surface area contributed by atoms with Crippen LogP contribution in [-0.4, -0.2) is 21.2 Å². The van der Waals surface area contributed by atoms with Gasteiger partial charge in [-0.3, -0.25) is 0 Å². The SMILES string of the molecule is C[P+]([Se]c1ccccc1)(c1ccccc1)c1ccccc1. The summed E-state index contributed by atoms with van der Waals surface area (Å²) >= 11 is 0.441. The van der Waals surface area contributed by atoms with Crippen molar-refractivity contribution in [2.75, 3.05) is 6.66 Å². The zero-order valence-electron chi connectivity index (χ0n) is 12.0. The van der Waals surface area contributed by atoms with Crippen LogP contribution >= 0.6 is 5.95 Å². The normalized spacial score (nSPS) is 11.3. The summed E-state index contributed by atoms with van der Waals surface area (Å²) in [5.74, 6) is -1.33. The Morgan fingerprint density at radius 1 is 0.571 bits per heavy atom. The van der Waals surface area contributed by atoms with Gasteiger partial charge in [0.25, 0.3) is 0 Å². The van der Waals surface area contributed by atoms with Crippen LogP contribution in [-0.2, 0) is 0 Å². The Kier molecular flexibility index (Phi) is 4.56. The standard InChI is InChI=1S/C19H18PSe/c1-20(17-11-5-2-6-12-17,18-13-7-3-8-14-18)21-19-15-9-4-10-16-19/h2-16H,1H3/q+1. The molecule has 21 heavy (non-hydrogen) atoms. The number of hydrogen-bond donors (Lipinski definition) is 0. The molecule has 0 unspecified atom stereocenters. The Hall–Kier alpha value is -1.39. The van der Waals surface area contributed by atoms with Crippen LogP contribution in [0.4, 0.5) is 0 Å². The van der Waals surface area contributed by atoms with Crippen molar-refractivity contribution in [2.45, 2.75) is 0 Å². The summed E-state index contributed by atoms with van der Waals surface area (Å²) in [6.07, 6.45) is 0. The third-order valence-corrected chi connectivity index (χ3v) is 13.5. The van der Waals surface area contributed by atoms with Crippen LogP contribution in [0, 0.1) is 0 Å². The molecule has 3 aromatic carbocycles. The Morgan fingerprint density at radius 2 is 0.952 bits per heavy atom. The summed E-state index contributed by atoms with van der Waals surface area (Å²) in [6, 6.07) is 33.0. The summed E-state index contributed by atoms with van der Waals surface area (Å²) < 4.78 is 1.48. The molecule has 0 atom stereocenters.